The van der Waals surface area contributed by atoms with Crippen LogP contribution in [0.1, 0.15) is 23.1 Å². The maximum Gasteiger partial charge on any atom is 0.321 e. The average molecular weight is 289 g/mol. The van der Waals surface area contributed by atoms with Gasteiger partial charge in [0.05, 0.1) is 0 Å². The Kier molecular flexibility index (Phi) is 6.15. The molecule has 3 amide bonds. The molecule has 1 heterocycles. The SMILES string of the molecule is Cc1ccc(CC(C)NC(=O)NC(=O)CCCl)s1. The number of rotatable bonds is 5. The van der Waals surface area contributed by atoms with Crippen LogP contribution in [0.5, 0.6) is 0 Å². The lowest BCUT2D eigenvalue weighted by atomic mass is 10.2. The Hall–Kier alpha value is -1.07. The number of thiophene rings is 1. The van der Waals surface area contributed by atoms with Crippen LogP contribution in [0.25, 0.3) is 0 Å². The van der Waals surface area contributed by atoms with Crippen LogP contribution in [0.4, 0.5) is 4.79 Å². The van der Waals surface area contributed by atoms with E-state index in [1.165, 1.54) is 9.75 Å². The molecular formula is C12H17ClN2O2S. The zero-order valence-electron chi connectivity index (χ0n) is 10.5. The molecule has 0 fully saturated rings. The number of imide groups is 1. The molecule has 6 heteroatoms. The zero-order chi connectivity index (χ0) is 13.5. The lowest BCUT2D eigenvalue weighted by molar-refractivity contribution is -0.119. The summed E-state index contributed by atoms with van der Waals surface area (Å²) in [7, 11) is 0. The molecule has 1 aromatic heterocycles. The van der Waals surface area contributed by atoms with Crippen molar-refractivity contribution in [1.82, 2.24) is 10.6 Å². The molecule has 100 valence electrons. The minimum Gasteiger partial charge on any atom is -0.335 e. The Balaban J connectivity index is 2.33. The Morgan fingerprint density at radius 1 is 1.44 bits per heavy atom. The lowest BCUT2D eigenvalue weighted by Gasteiger charge is -2.13. The van der Waals surface area contributed by atoms with Crippen LogP contribution in [-0.4, -0.2) is 23.9 Å². The van der Waals surface area contributed by atoms with Gasteiger partial charge in [-0.2, -0.15) is 0 Å². The van der Waals surface area contributed by atoms with E-state index in [0.29, 0.717) is 0 Å². The van der Waals surface area contributed by atoms with Crippen LogP contribution in [0, 0.1) is 6.92 Å². The van der Waals surface area contributed by atoms with E-state index in [2.05, 4.69) is 22.8 Å². The molecule has 0 saturated carbocycles. The van der Waals surface area contributed by atoms with E-state index in [1.54, 1.807) is 11.3 Å². The molecule has 0 radical (unpaired) electrons. The molecule has 0 bridgehead atoms. The quantitative estimate of drug-likeness (QED) is 0.818. The molecular weight excluding hydrogens is 272 g/mol. The fourth-order valence-electron chi connectivity index (χ4n) is 1.48. The molecule has 0 saturated heterocycles. The van der Waals surface area contributed by atoms with Gasteiger partial charge in [0.15, 0.2) is 0 Å². The van der Waals surface area contributed by atoms with Gasteiger partial charge in [-0.05, 0) is 26.0 Å². The second-order valence-corrected chi connectivity index (χ2v) is 5.83. The molecule has 0 aliphatic rings. The van der Waals surface area contributed by atoms with Crippen molar-refractivity contribution in [3.8, 4) is 0 Å². The normalized spacial score (nSPS) is 11.9. The van der Waals surface area contributed by atoms with Crippen LogP contribution in [0.15, 0.2) is 12.1 Å². The van der Waals surface area contributed by atoms with E-state index in [-0.39, 0.29) is 24.2 Å². The van der Waals surface area contributed by atoms with Gasteiger partial charge in [-0.15, -0.1) is 22.9 Å². The maximum absolute atomic E-state index is 11.5. The van der Waals surface area contributed by atoms with Gasteiger partial charge in [0.1, 0.15) is 0 Å². The molecule has 1 aromatic rings. The van der Waals surface area contributed by atoms with E-state index >= 15 is 0 Å². The number of carbonyl (C=O) groups is 2. The number of urea groups is 1. The van der Waals surface area contributed by atoms with Gasteiger partial charge in [0, 0.05) is 34.5 Å². The molecule has 0 aromatic carbocycles. The van der Waals surface area contributed by atoms with Crippen LogP contribution >= 0.6 is 22.9 Å². The molecule has 0 aliphatic carbocycles. The summed E-state index contributed by atoms with van der Waals surface area (Å²) in [6.07, 6.45) is 0.906. The molecule has 1 unspecified atom stereocenters. The van der Waals surface area contributed by atoms with Crippen molar-refractivity contribution >= 4 is 34.9 Å². The highest BCUT2D eigenvalue weighted by Crippen LogP contribution is 2.16. The summed E-state index contributed by atoms with van der Waals surface area (Å²) in [4.78, 5) is 25.1. The van der Waals surface area contributed by atoms with E-state index in [1.807, 2.05) is 13.8 Å². The first kappa shape index (κ1) is 15.0. The van der Waals surface area contributed by atoms with Gasteiger partial charge < -0.3 is 5.32 Å². The number of aryl methyl sites for hydroxylation is 1. The summed E-state index contributed by atoms with van der Waals surface area (Å²) >= 11 is 7.11. The number of nitrogens with one attached hydrogen (secondary N) is 2. The number of carbonyl (C=O) groups excluding carboxylic acids is 2. The monoisotopic (exact) mass is 288 g/mol. The third kappa shape index (κ3) is 5.51. The summed E-state index contributed by atoms with van der Waals surface area (Å²) in [5.74, 6) is -0.148. The standard InChI is InChI=1S/C12H17ClN2O2S/c1-8(7-10-4-3-9(2)18-10)14-12(17)15-11(16)5-6-13/h3-4,8H,5-7H2,1-2H3,(H2,14,15,16,17). The molecule has 0 aliphatic heterocycles. The minimum atomic E-state index is -0.467. The summed E-state index contributed by atoms with van der Waals surface area (Å²) in [6.45, 7) is 3.95. The first-order valence-corrected chi connectivity index (χ1v) is 7.08. The number of amides is 3. The van der Waals surface area contributed by atoms with Gasteiger partial charge in [0.25, 0.3) is 0 Å². The van der Waals surface area contributed by atoms with Crippen molar-refractivity contribution in [3.05, 3.63) is 21.9 Å². The number of hydrogen-bond donors (Lipinski definition) is 2. The Morgan fingerprint density at radius 3 is 2.72 bits per heavy atom. The summed E-state index contributed by atoms with van der Waals surface area (Å²) in [5.41, 5.74) is 0. The number of hydrogen-bond acceptors (Lipinski definition) is 3. The minimum absolute atomic E-state index is 0.0214. The third-order valence-electron chi connectivity index (χ3n) is 2.26. The third-order valence-corrected chi connectivity index (χ3v) is 3.47. The van der Waals surface area contributed by atoms with E-state index in [0.717, 1.165) is 6.42 Å². The summed E-state index contributed by atoms with van der Waals surface area (Å²) in [6, 6.07) is 3.61. The van der Waals surface area contributed by atoms with E-state index in [4.69, 9.17) is 11.6 Å². The number of alkyl halides is 1. The zero-order valence-corrected chi connectivity index (χ0v) is 12.0. The van der Waals surface area contributed by atoms with Crippen molar-refractivity contribution in [3.63, 3.8) is 0 Å². The van der Waals surface area contributed by atoms with Gasteiger partial charge in [0.2, 0.25) is 5.91 Å². The largest absolute Gasteiger partial charge is 0.335 e. The predicted molar refractivity (Wildman–Crippen MR) is 74.2 cm³/mol. The van der Waals surface area contributed by atoms with E-state index in [9.17, 15) is 9.59 Å². The summed E-state index contributed by atoms with van der Waals surface area (Å²) in [5, 5.41) is 4.95. The lowest BCUT2D eigenvalue weighted by Crippen LogP contribution is -2.44. The Bertz CT molecular complexity index is 420. The first-order valence-electron chi connectivity index (χ1n) is 5.73. The van der Waals surface area contributed by atoms with Crippen molar-refractivity contribution in [2.75, 3.05) is 5.88 Å². The van der Waals surface area contributed by atoms with Gasteiger partial charge in [-0.3, -0.25) is 10.1 Å². The second kappa shape index (κ2) is 7.38. The van der Waals surface area contributed by atoms with Crippen molar-refractivity contribution in [2.24, 2.45) is 0 Å². The first-order chi connectivity index (χ1) is 8.51. The van der Waals surface area contributed by atoms with Crippen molar-refractivity contribution in [1.29, 1.82) is 0 Å². The second-order valence-electron chi connectivity index (χ2n) is 4.08. The highest BCUT2D eigenvalue weighted by Gasteiger charge is 2.11. The number of halogens is 1. The fourth-order valence-corrected chi connectivity index (χ4v) is 2.67. The van der Waals surface area contributed by atoms with Crippen LogP contribution in [0.2, 0.25) is 0 Å². The van der Waals surface area contributed by atoms with Crippen molar-refractivity contribution in [2.45, 2.75) is 32.7 Å². The van der Waals surface area contributed by atoms with Crippen molar-refractivity contribution < 1.29 is 9.59 Å². The van der Waals surface area contributed by atoms with Crippen LogP contribution < -0.4 is 10.6 Å². The topological polar surface area (TPSA) is 58.2 Å². The molecule has 1 rings (SSSR count). The predicted octanol–water partition coefficient (Wildman–Crippen LogP) is 2.44. The molecule has 2 N–H and O–H groups in total. The smallest absolute Gasteiger partial charge is 0.321 e. The summed E-state index contributed by atoms with van der Waals surface area (Å²) < 4.78 is 0. The fraction of sp³-hybridized carbons (Fsp3) is 0.500. The van der Waals surface area contributed by atoms with Gasteiger partial charge in [-0.25, -0.2) is 4.79 Å². The molecule has 0 spiro atoms. The Morgan fingerprint density at radius 2 is 2.17 bits per heavy atom. The highest BCUT2D eigenvalue weighted by atomic mass is 35.5. The molecule has 1 atom stereocenters. The highest BCUT2D eigenvalue weighted by molar-refractivity contribution is 7.11. The van der Waals surface area contributed by atoms with Crippen LogP contribution in [-0.2, 0) is 11.2 Å². The molecule has 18 heavy (non-hydrogen) atoms. The Labute approximate surface area is 116 Å². The average Bonchev–Trinajstić information content (AvgIpc) is 2.63. The van der Waals surface area contributed by atoms with Gasteiger partial charge in [-0.1, -0.05) is 0 Å². The van der Waals surface area contributed by atoms with Gasteiger partial charge >= 0.3 is 6.03 Å². The molecule has 4 nitrogen and oxygen atoms in total. The van der Waals surface area contributed by atoms with Crippen LogP contribution in [0.3, 0.4) is 0 Å². The van der Waals surface area contributed by atoms with E-state index < -0.39 is 6.03 Å². The maximum atomic E-state index is 11.5.